The Morgan fingerprint density at radius 2 is 2.38 bits per heavy atom. The monoisotopic (exact) mass is 299 g/mol. The van der Waals surface area contributed by atoms with Crippen LogP contribution in [0, 0.1) is 10.1 Å². The van der Waals surface area contributed by atoms with Gasteiger partial charge in [-0.05, 0) is 23.8 Å². The number of hydrogen-bond donors (Lipinski definition) is 1. The normalized spacial score (nSPS) is 32.0. The third-order valence-electron chi connectivity index (χ3n) is 3.58. The van der Waals surface area contributed by atoms with E-state index in [4.69, 9.17) is 14.2 Å². The molecule has 3 rings (SSSR count). The smallest absolute Gasteiger partial charge is 0.381 e. The molecule has 0 spiro atoms. The van der Waals surface area contributed by atoms with Crippen molar-refractivity contribution in [2.45, 2.75) is 50.6 Å². The molecule has 1 aromatic heterocycles. The number of nitrogens with zero attached hydrogens (tertiary/aromatic N) is 3. The van der Waals surface area contributed by atoms with Gasteiger partial charge in [-0.15, -0.1) is 0 Å². The molecule has 1 aromatic rings. The highest BCUT2D eigenvalue weighted by Gasteiger charge is 2.52. The van der Waals surface area contributed by atoms with Gasteiger partial charge in [0.1, 0.15) is 30.6 Å². The molecule has 2 saturated heterocycles. The molecule has 2 aliphatic rings. The number of nitro groups is 1. The van der Waals surface area contributed by atoms with E-state index in [9.17, 15) is 15.2 Å². The summed E-state index contributed by atoms with van der Waals surface area (Å²) in [6.07, 6.45) is 0.643. The number of rotatable bonds is 4. The van der Waals surface area contributed by atoms with Crippen molar-refractivity contribution < 1.29 is 24.2 Å². The quantitative estimate of drug-likeness (QED) is 0.619. The first-order valence-corrected chi connectivity index (χ1v) is 6.67. The fourth-order valence-corrected chi connectivity index (χ4v) is 2.76. The van der Waals surface area contributed by atoms with Gasteiger partial charge >= 0.3 is 5.82 Å². The van der Waals surface area contributed by atoms with Gasteiger partial charge in [-0.2, -0.15) is 0 Å². The Balaban J connectivity index is 1.65. The zero-order valence-corrected chi connectivity index (χ0v) is 11.7. The van der Waals surface area contributed by atoms with Crippen LogP contribution >= 0.6 is 0 Å². The molecule has 9 nitrogen and oxygen atoms in total. The van der Waals surface area contributed by atoms with Gasteiger partial charge in [0, 0.05) is 0 Å². The highest BCUT2D eigenvalue weighted by molar-refractivity contribution is 5.12. The largest absolute Gasteiger partial charge is 0.388 e. The van der Waals surface area contributed by atoms with Crippen LogP contribution in [0.2, 0.25) is 0 Å². The van der Waals surface area contributed by atoms with Crippen molar-refractivity contribution in [2.75, 3.05) is 6.61 Å². The molecule has 3 heterocycles. The van der Waals surface area contributed by atoms with E-state index >= 15 is 0 Å². The second kappa shape index (κ2) is 5.02. The molecule has 2 aliphatic heterocycles. The predicted octanol–water partition coefficient (Wildman–Crippen LogP) is 0.0711. The summed E-state index contributed by atoms with van der Waals surface area (Å²) in [6, 6.07) is 0. The number of aliphatic hydroxyl groups excluding tert-OH is 1. The summed E-state index contributed by atoms with van der Waals surface area (Å²) in [7, 11) is 0. The molecule has 1 N–H and O–H groups in total. The van der Waals surface area contributed by atoms with Gasteiger partial charge in [-0.1, -0.05) is 0 Å². The SMILES string of the molecule is CC1(C)O[C@H]2[C@@H]([C@@H](O)Cn3cnc([N+](=O)[O-])c3)OC[C@H]2O1. The second-order valence-corrected chi connectivity index (χ2v) is 5.69. The summed E-state index contributed by atoms with van der Waals surface area (Å²) in [5.41, 5.74) is 0. The fourth-order valence-electron chi connectivity index (χ4n) is 2.76. The van der Waals surface area contributed by atoms with Gasteiger partial charge in [-0.3, -0.25) is 0 Å². The predicted molar refractivity (Wildman–Crippen MR) is 68.5 cm³/mol. The molecule has 21 heavy (non-hydrogen) atoms. The zero-order valence-electron chi connectivity index (χ0n) is 11.7. The molecule has 0 bridgehead atoms. The van der Waals surface area contributed by atoms with E-state index in [1.54, 1.807) is 0 Å². The van der Waals surface area contributed by atoms with E-state index in [2.05, 4.69) is 4.98 Å². The summed E-state index contributed by atoms with van der Waals surface area (Å²) in [6.45, 7) is 4.13. The zero-order chi connectivity index (χ0) is 15.2. The molecule has 2 fully saturated rings. The van der Waals surface area contributed by atoms with E-state index < -0.39 is 22.9 Å². The first-order chi connectivity index (χ1) is 9.85. The third-order valence-corrected chi connectivity index (χ3v) is 3.58. The summed E-state index contributed by atoms with van der Waals surface area (Å²) >= 11 is 0. The molecule has 116 valence electrons. The average molecular weight is 299 g/mol. The van der Waals surface area contributed by atoms with Gasteiger partial charge in [0.05, 0.1) is 13.2 Å². The van der Waals surface area contributed by atoms with E-state index in [0.717, 1.165) is 0 Å². The van der Waals surface area contributed by atoms with E-state index in [1.165, 1.54) is 17.1 Å². The van der Waals surface area contributed by atoms with Crippen LogP contribution in [-0.4, -0.2) is 56.4 Å². The van der Waals surface area contributed by atoms with Crippen molar-refractivity contribution in [1.29, 1.82) is 0 Å². The van der Waals surface area contributed by atoms with Crippen LogP contribution in [0.5, 0.6) is 0 Å². The number of fused-ring (bicyclic) bond motifs is 1. The molecule has 0 saturated carbocycles. The summed E-state index contributed by atoms with van der Waals surface area (Å²) in [5.74, 6) is -0.945. The lowest BCUT2D eigenvalue weighted by molar-refractivity contribution is -0.389. The maximum atomic E-state index is 10.6. The molecule has 0 amide bonds. The third kappa shape index (κ3) is 2.77. The van der Waals surface area contributed by atoms with Crippen LogP contribution in [0.15, 0.2) is 12.5 Å². The Morgan fingerprint density at radius 3 is 3.05 bits per heavy atom. The fraction of sp³-hybridized carbons (Fsp3) is 0.750. The van der Waals surface area contributed by atoms with Crippen LogP contribution in [0.1, 0.15) is 13.8 Å². The van der Waals surface area contributed by atoms with Gasteiger partial charge in [0.25, 0.3) is 0 Å². The van der Waals surface area contributed by atoms with Gasteiger partial charge < -0.3 is 34.0 Å². The van der Waals surface area contributed by atoms with Crippen molar-refractivity contribution in [2.24, 2.45) is 0 Å². The van der Waals surface area contributed by atoms with Crippen LogP contribution in [0.4, 0.5) is 5.82 Å². The minimum Gasteiger partial charge on any atom is -0.388 e. The summed E-state index contributed by atoms with van der Waals surface area (Å²) in [4.78, 5) is 13.6. The van der Waals surface area contributed by atoms with E-state index in [-0.39, 0.29) is 24.6 Å². The van der Waals surface area contributed by atoms with Crippen molar-refractivity contribution >= 4 is 5.82 Å². The molecule has 0 aromatic carbocycles. The highest BCUT2D eigenvalue weighted by atomic mass is 16.8. The highest BCUT2D eigenvalue weighted by Crippen LogP contribution is 2.36. The number of hydrogen-bond acceptors (Lipinski definition) is 7. The number of aliphatic hydroxyl groups is 1. The number of aromatic nitrogens is 2. The second-order valence-electron chi connectivity index (χ2n) is 5.69. The Labute approximate surface area is 120 Å². The standard InChI is InChI=1S/C12H17N3O6/c1-12(2)20-8-5-19-10(11(8)21-12)7(16)3-14-4-9(13-6-14)15(17)18/h4,6-8,10-11,16H,3,5H2,1-2H3/t7-,8+,10+,11+/m0/s1. The topological polar surface area (TPSA) is 109 Å². The Morgan fingerprint density at radius 1 is 1.62 bits per heavy atom. The Bertz CT molecular complexity index is 545. The van der Waals surface area contributed by atoms with Crippen LogP contribution in [0.3, 0.4) is 0 Å². The lowest BCUT2D eigenvalue weighted by atomic mass is 10.1. The number of imidazole rings is 1. The van der Waals surface area contributed by atoms with E-state index in [1.807, 2.05) is 13.8 Å². The first-order valence-electron chi connectivity index (χ1n) is 6.67. The maximum absolute atomic E-state index is 10.6. The van der Waals surface area contributed by atoms with Gasteiger partial charge in [0.2, 0.25) is 6.33 Å². The minimum absolute atomic E-state index is 0.137. The van der Waals surface area contributed by atoms with Crippen molar-refractivity contribution in [3.05, 3.63) is 22.6 Å². The lowest BCUT2D eigenvalue weighted by Gasteiger charge is -2.24. The molecule has 0 radical (unpaired) electrons. The summed E-state index contributed by atoms with van der Waals surface area (Å²) < 4.78 is 18.4. The molecule has 9 heteroatoms. The van der Waals surface area contributed by atoms with Crippen molar-refractivity contribution in [3.63, 3.8) is 0 Å². The molecule has 4 atom stereocenters. The maximum Gasteiger partial charge on any atom is 0.381 e. The lowest BCUT2D eigenvalue weighted by Crippen LogP contribution is -2.40. The van der Waals surface area contributed by atoms with E-state index in [0.29, 0.717) is 6.61 Å². The van der Waals surface area contributed by atoms with Crippen LogP contribution in [0.25, 0.3) is 0 Å². The Kier molecular flexibility index (Phi) is 3.44. The number of ether oxygens (including phenoxy) is 3. The molecular weight excluding hydrogens is 282 g/mol. The average Bonchev–Trinajstić information content (AvgIpc) is 3.02. The molecule has 0 unspecified atom stereocenters. The molecule has 0 aliphatic carbocycles. The van der Waals surface area contributed by atoms with Crippen LogP contribution in [-0.2, 0) is 20.8 Å². The minimum atomic E-state index is -0.869. The van der Waals surface area contributed by atoms with Gasteiger partial charge in [-0.25, -0.2) is 0 Å². The van der Waals surface area contributed by atoms with Gasteiger partial charge in [0.15, 0.2) is 5.79 Å². The molecular formula is C12H17N3O6. The van der Waals surface area contributed by atoms with Crippen molar-refractivity contribution in [3.8, 4) is 0 Å². The Hall–Kier alpha value is -1.55. The van der Waals surface area contributed by atoms with Crippen molar-refractivity contribution in [1.82, 2.24) is 9.55 Å². The summed E-state index contributed by atoms with van der Waals surface area (Å²) in [5, 5.41) is 20.9. The van der Waals surface area contributed by atoms with Crippen LogP contribution < -0.4 is 0 Å². The first kappa shape index (κ1) is 14.4.